The number of phenolic OH excluding ortho intramolecular Hbond substituents is 1. The average molecular weight is 289 g/mol. The molecule has 0 saturated carbocycles. The maximum atomic E-state index is 11.1. The molecule has 0 bridgehead atoms. The molecule has 0 unspecified atom stereocenters. The molecule has 0 aliphatic heterocycles. The van der Waals surface area contributed by atoms with Crippen molar-refractivity contribution in [1.29, 1.82) is 0 Å². The molecule has 0 spiro atoms. The van der Waals surface area contributed by atoms with E-state index in [-0.39, 0.29) is 18.0 Å². The minimum Gasteiger partial charge on any atom is -0.508 e. The molecule has 0 fully saturated rings. The number of hydrogen-bond donors (Lipinski definition) is 1. The lowest BCUT2D eigenvalue weighted by Gasteiger charge is -2.12. The summed E-state index contributed by atoms with van der Waals surface area (Å²) in [6, 6.07) is 9.30. The molecule has 0 heterocycles. The van der Waals surface area contributed by atoms with Gasteiger partial charge < -0.3 is 14.6 Å². The van der Waals surface area contributed by atoms with Crippen molar-refractivity contribution in [2.45, 2.75) is 13.5 Å². The largest absolute Gasteiger partial charge is 0.508 e. The highest BCUT2D eigenvalue weighted by atomic mass is 16.6. The number of nitro benzene ring substituents is 1. The van der Waals surface area contributed by atoms with Gasteiger partial charge in [0.05, 0.1) is 12.0 Å². The Morgan fingerprint density at radius 3 is 2.62 bits per heavy atom. The normalized spacial score (nSPS) is 10.2. The van der Waals surface area contributed by atoms with E-state index in [0.717, 1.165) is 5.56 Å². The molecule has 21 heavy (non-hydrogen) atoms. The Morgan fingerprint density at radius 2 is 2.00 bits per heavy atom. The molecule has 0 aliphatic rings. The number of aryl methyl sites for hydroxylation is 1. The maximum Gasteiger partial charge on any atom is 0.279 e. The van der Waals surface area contributed by atoms with Crippen LogP contribution in [-0.4, -0.2) is 17.1 Å². The van der Waals surface area contributed by atoms with E-state index in [4.69, 9.17) is 9.47 Å². The van der Waals surface area contributed by atoms with Gasteiger partial charge in [0.1, 0.15) is 29.4 Å². The van der Waals surface area contributed by atoms with Crippen LogP contribution in [0.2, 0.25) is 0 Å². The predicted molar refractivity (Wildman–Crippen MR) is 76.8 cm³/mol. The van der Waals surface area contributed by atoms with Crippen molar-refractivity contribution in [3.8, 4) is 17.2 Å². The summed E-state index contributed by atoms with van der Waals surface area (Å²) < 4.78 is 10.8. The zero-order valence-corrected chi connectivity index (χ0v) is 11.7. The Labute approximate surface area is 121 Å². The van der Waals surface area contributed by atoms with Gasteiger partial charge in [0, 0.05) is 6.07 Å². The van der Waals surface area contributed by atoms with Crippen LogP contribution in [0.3, 0.4) is 0 Å². The standard InChI is InChI=1S/C15H15NO5/c1-10-8-11(17)6-7-14(10)21-9-12-13(16(18)19)4-3-5-15(12)20-2/h3-8,17H,9H2,1-2H3. The molecule has 6 nitrogen and oxygen atoms in total. The SMILES string of the molecule is COc1cccc([N+](=O)[O-])c1COc1ccc(O)cc1C. The van der Waals surface area contributed by atoms with Gasteiger partial charge in [-0.2, -0.15) is 0 Å². The lowest BCUT2D eigenvalue weighted by atomic mass is 10.1. The molecule has 1 N–H and O–H groups in total. The monoisotopic (exact) mass is 289 g/mol. The molecule has 0 aromatic heterocycles. The van der Waals surface area contributed by atoms with Gasteiger partial charge in [-0.25, -0.2) is 0 Å². The Balaban J connectivity index is 2.28. The Hall–Kier alpha value is -2.76. The Morgan fingerprint density at radius 1 is 1.24 bits per heavy atom. The van der Waals surface area contributed by atoms with Crippen molar-refractivity contribution in [3.05, 3.63) is 57.6 Å². The summed E-state index contributed by atoms with van der Waals surface area (Å²) >= 11 is 0. The highest BCUT2D eigenvalue weighted by molar-refractivity contribution is 5.49. The lowest BCUT2D eigenvalue weighted by molar-refractivity contribution is -0.385. The van der Waals surface area contributed by atoms with Gasteiger partial charge in [0.25, 0.3) is 5.69 Å². The van der Waals surface area contributed by atoms with Gasteiger partial charge in [0.15, 0.2) is 0 Å². The summed E-state index contributed by atoms with van der Waals surface area (Å²) in [7, 11) is 1.45. The first-order chi connectivity index (χ1) is 10.0. The molecular weight excluding hydrogens is 274 g/mol. The first kappa shape index (κ1) is 14.6. The molecule has 2 aromatic carbocycles. The fourth-order valence-corrected chi connectivity index (χ4v) is 2.01. The third-order valence-electron chi connectivity index (χ3n) is 3.06. The second-order valence-corrected chi connectivity index (χ2v) is 4.45. The zero-order valence-electron chi connectivity index (χ0n) is 11.7. The molecule has 0 amide bonds. The van der Waals surface area contributed by atoms with Crippen LogP contribution in [0.5, 0.6) is 17.2 Å². The van der Waals surface area contributed by atoms with Crippen molar-refractivity contribution >= 4 is 5.69 Å². The highest BCUT2D eigenvalue weighted by Gasteiger charge is 2.19. The average Bonchev–Trinajstić information content (AvgIpc) is 2.45. The van der Waals surface area contributed by atoms with Gasteiger partial charge in [-0.3, -0.25) is 10.1 Å². The summed E-state index contributed by atoms with van der Waals surface area (Å²) in [5.41, 5.74) is 1.07. The number of aromatic hydroxyl groups is 1. The van der Waals surface area contributed by atoms with Crippen LogP contribution in [0.1, 0.15) is 11.1 Å². The van der Waals surface area contributed by atoms with E-state index in [1.165, 1.54) is 19.2 Å². The summed E-state index contributed by atoms with van der Waals surface area (Å²) in [5, 5.41) is 20.4. The smallest absolute Gasteiger partial charge is 0.279 e. The number of rotatable bonds is 5. The molecular formula is C15H15NO5. The lowest BCUT2D eigenvalue weighted by Crippen LogP contribution is -2.04. The number of hydrogen-bond acceptors (Lipinski definition) is 5. The number of benzene rings is 2. The van der Waals surface area contributed by atoms with Crippen molar-refractivity contribution < 1.29 is 19.5 Å². The van der Waals surface area contributed by atoms with E-state index >= 15 is 0 Å². The van der Waals surface area contributed by atoms with Crippen LogP contribution >= 0.6 is 0 Å². The molecule has 0 radical (unpaired) electrons. The van der Waals surface area contributed by atoms with Gasteiger partial charge in [0.2, 0.25) is 0 Å². The highest BCUT2D eigenvalue weighted by Crippen LogP contribution is 2.30. The van der Waals surface area contributed by atoms with Crippen molar-refractivity contribution in [3.63, 3.8) is 0 Å². The third kappa shape index (κ3) is 3.22. The van der Waals surface area contributed by atoms with Crippen molar-refractivity contribution in [1.82, 2.24) is 0 Å². The number of phenols is 1. The van der Waals surface area contributed by atoms with E-state index in [9.17, 15) is 15.2 Å². The maximum absolute atomic E-state index is 11.1. The van der Waals surface area contributed by atoms with Crippen LogP contribution < -0.4 is 9.47 Å². The van der Waals surface area contributed by atoms with E-state index in [0.29, 0.717) is 17.1 Å². The number of ether oxygens (including phenoxy) is 2. The van der Waals surface area contributed by atoms with Crippen molar-refractivity contribution in [2.75, 3.05) is 7.11 Å². The van der Waals surface area contributed by atoms with E-state index < -0.39 is 4.92 Å². The summed E-state index contributed by atoms with van der Waals surface area (Å²) in [5.74, 6) is 1.09. The topological polar surface area (TPSA) is 81.8 Å². The first-order valence-corrected chi connectivity index (χ1v) is 6.25. The Kier molecular flexibility index (Phi) is 4.27. The minimum atomic E-state index is -0.467. The fourth-order valence-electron chi connectivity index (χ4n) is 2.01. The molecule has 0 aliphatic carbocycles. The predicted octanol–water partition coefficient (Wildman–Crippen LogP) is 3.20. The number of nitrogens with zero attached hydrogens (tertiary/aromatic N) is 1. The number of nitro groups is 1. The molecule has 2 aromatic rings. The van der Waals surface area contributed by atoms with Crippen LogP contribution in [-0.2, 0) is 6.61 Å². The van der Waals surface area contributed by atoms with E-state index in [2.05, 4.69) is 0 Å². The molecule has 6 heteroatoms. The van der Waals surface area contributed by atoms with Crippen molar-refractivity contribution in [2.24, 2.45) is 0 Å². The van der Waals surface area contributed by atoms with Gasteiger partial charge in [-0.15, -0.1) is 0 Å². The summed E-state index contributed by atoms with van der Waals surface area (Å²) in [6.45, 7) is 1.79. The Bertz CT molecular complexity index is 669. The molecule has 110 valence electrons. The van der Waals surface area contributed by atoms with Crippen LogP contribution in [0, 0.1) is 17.0 Å². The van der Waals surface area contributed by atoms with E-state index in [1.807, 2.05) is 0 Å². The fraction of sp³-hybridized carbons (Fsp3) is 0.200. The first-order valence-electron chi connectivity index (χ1n) is 6.25. The molecule has 0 atom stereocenters. The van der Waals surface area contributed by atoms with Crippen LogP contribution in [0.15, 0.2) is 36.4 Å². The van der Waals surface area contributed by atoms with Gasteiger partial charge in [-0.05, 0) is 36.8 Å². The van der Waals surface area contributed by atoms with Gasteiger partial charge in [-0.1, -0.05) is 6.07 Å². The zero-order chi connectivity index (χ0) is 15.4. The second kappa shape index (κ2) is 6.13. The minimum absolute atomic E-state index is 0.00589. The molecule has 2 rings (SSSR count). The second-order valence-electron chi connectivity index (χ2n) is 4.45. The third-order valence-corrected chi connectivity index (χ3v) is 3.06. The van der Waals surface area contributed by atoms with E-state index in [1.54, 1.807) is 31.2 Å². The summed E-state index contributed by atoms with van der Waals surface area (Å²) in [4.78, 5) is 10.6. The van der Waals surface area contributed by atoms with Crippen LogP contribution in [0.4, 0.5) is 5.69 Å². The van der Waals surface area contributed by atoms with Gasteiger partial charge >= 0.3 is 0 Å². The summed E-state index contributed by atoms with van der Waals surface area (Å²) in [6.07, 6.45) is 0. The molecule has 0 saturated heterocycles. The van der Waals surface area contributed by atoms with Crippen LogP contribution in [0.25, 0.3) is 0 Å². The quantitative estimate of drug-likeness (QED) is 0.675. The number of methoxy groups -OCH3 is 1.